The van der Waals surface area contributed by atoms with Gasteiger partial charge in [-0.1, -0.05) is 61.7 Å². The Morgan fingerprint density at radius 2 is 1.67 bits per heavy atom. The summed E-state index contributed by atoms with van der Waals surface area (Å²) in [4.78, 5) is 0. The number of unbranched alkanes of at least 4 members (excludes halogenated alkanes) is 1. The lowest BCUT2D eigenvalue weighted by atomic mass is 10.0. The van der Waals surface area contributed by atoms with Gasteiger partial charge in [-0.3, -0.25) is 0 Å². The fourth-order valence-corrected chi connectivity index (χ4v) is 2.44. The Kier molecular flexibility index (Phi) is 5.94. The number of benzene rings is 2. The Morgan fingerprint density at radius 3 is 2.29 bits per heavy atom. The Hall–Kier alpha value is -1.67. The molecule has 2 rings (SSSR count). The molecule has 0 amide bonds. The molecule has 0 saturated heterocycles. The van der Waals surface area contributed by atoms with E-state index < -0.39 is 0 Å². The molecule has 2 aromatic carbocycles. The maximum Gasteiger partial charge on any atom is 0.123 e. The van der Waals surface area contributed by atoms with Crippen molar-refractivity contribution < 1.29 is 4.39 Å². The smallest absolute Gasteiger partial charge is 0.123 e. The van der Waals surface area contributed by atoms with E-state index in [1.165, 1.54) is 24.0 Å². The Labute approximate surface area is 127 Å². The second-order valence-electron chi connectivity index (χ2n) is 5.61. The summed E-state index contributed by atoms with van der Waals surface area (Å²) in [6, 6.07) is 15.7. The summed E-state index contributed by atoms with van der Waals surface area (Å²) in [7, 11) is 0. The molecule has 1 atom stereocenters. The highest BCUT2D eigenvalue weighted by Gasteiger charge is 2.10. The highest BCUT2D eigenvalue weighted by molar-refractivity contribution is 5.23. The van der Waals surface area contributed by atoms with E-state index in [0.29, 0.717) is 0 Å². The van der Waals surface area contributed by atoms with Gasteiger partial charge in [-0.05, 0) is 36.6 Å². The minimum absolute atomic E-state index is 0.175. The molecule has 0 fully saturated rings. The van der Waals surface area contributed by atoms with Crippen molar-refractivity contribution in [2.75, 3.05) is 0 Å². The Bertz CT molecular complexity index is 530. The first-order valence-electron chi connectivity index (χ1n) is 7.73. The summed E-state index contributed by atoms with van der Waals surface area (Å²) in [5.74, 6) is -0.175. The predicted octanol–water partition coefficient (Wildman–Crippen LogP) is 5.16. The van der Waals surface area contributed by atoms with Gasteiger partial charge in [0.25, 0.3) is 0 Å². The molecule has 1 unspecified atom stereocenters. The molecule has 21 heavy (non-hydrogen) atoms. The summed E-state index contributed by atoms with van der Waals surface area (Å²) >= 11 is 0. The van der Waals surface area contributed by atoms with Crippen molar-refractivity contribution in [2.45, 2.75) is 45.7 Å². The molecule has 2 heteroatoms. The molecule has 0 aliphatic carbocycles. The zero-order valence-corrected chi connectivity index (χ0v) is 12.9. The van der Waals surface area contributed by atoms with Gasteiger partial charge in [0.2, 0.25) is 0 Å². The third-order valence-electron chi connectivity index (χ3n) is 3.79. The molecular formula is C19H24FN. The maximum absolute atomic E-state index is 13.1. The normalized spacial score (nSPS) is 12.3. The number of nitrogens with one attached hydrogen (secondary N) is 1. The molecule has 0 aliphatic rings. The lowest BCUT2D eigenvalue weighted by molar-refractivity contribution is 0.479. The number of aryl methyl sites for hydroxylation is 1. The standard InChI is InChI=1S/C19H24FN/c1-3-4-5-19(17-10-12-18(20)13-11-17)21-14-16-8-6-15(2)7-9-16/h6-13,19,21H,3-5,14H2,1-2H3. The van der Waals surface area contributed by atoms with Crippen molar-refractivity contribution in [3.8, 4) is 0 Å². The second-order valence-corrected chi connectivity index (χ2v) is 5.61. The van der Waals surface area contributed by atoms with Crippen LogP contribution in [0.1, 0.15) is 48.9 Å². The van der Waals surface area contributed by atoms with Gasteiger partial charge in [-0.25, -0.2) is 4.39 Å². The van der Waals surface area contributed by atoms with E-state index in [9.17, 15) is 4.39 Å². The van der Waals surface area contributed by atoms with Crippen LogP contribution >= 0.6 is 0 Å². The molecule has 0 heterocycles. The van der Waals surface area contributed by atoms with Crippen molar-refractivity contribution in [3.05, 3.63) is 71.0 Å². The summed E-state index contributed by atoms with van der Waals surface area (Å²) in [6.45, 7) is 5.13. The number of halogens is 1. The van der Waals surface area contributed by atoms with Crippen LogP contribution < -0.4 is 5.32 Å². The summed E-state index contributed by atoms with van der Waals surface area (Å²) in [5, 5.41) is 3.60. The summed E-state index contributed by atoms with van der Waals surface area (Å²) < 4.78 is 13.1. The van der Waals surface area contributed by atoms with E-state index in [1.807, 2.05) is 12.1 Å². The quantitative estimate of drug-likeness (QED) is 0.741. The molecule has 1 nitrogen and oxygen atoms in total. The van der Waals surface area contributed by atoms with E-state index in [-0.39, 0.29) is 11.9 Å². The van der Waals surface area contributed by atoms with E-state index in [1.54, 1.807) is 12.1 Å². The van der Waals surface area contributed by atoms with Crippen LogP contribution in [-0.2, 0) is 6.54 Å². The average molecular weight is 285 g/mol. The molecule has 0 spiro atoms. The summed E-state index contributed by atoms with van der Waals surface area (Å²) in [6.07, 6.45) is 3.42. The first-order valence-corrected chi connectivity index (χ1v) is 7.73. The highest BCUT2D eigenvalue weighted by Crippen LogP contribution is 2.20. The van der Waals surface area contributed by atoms with Crippen molar-refractivity contribution in [1.29, 1.82) is 0 Å². The number of hydrogen-bond donors (Lipinski definition) is 1. The SMILES string of the molecule is CCCCC(NCc1ccc(C)cc1)c1ccc(F)cc1. The van der Waals surface area contributed by atoms with Gasteiger partial charge in [0.1, 0.15) is 5.82 Å². The van der Waals surface area contributed by atoms with Crippen molar-refractivity contribution in [2.24, 2.45) is 0 Å². The zero-order chi connectivity index (χ0) is 15.1. The van der Waals surface area contributed by atoms with Gasteiger partial charge < -0.3 is 5.32 Å². The molecule has 0 aliphatic heterocycles. The fraction of sp³-hybridized carbons (Fsp3) is 0.368. The average Bonchev–Trinajstić information content (AvgIpc) is 2.50. The van der Waals surface area contributed by atoms with E-state index in [2.05, 4.69) is 43.4 Å². The highest BCUT2D eigenvalue weighted by atomic mass is 19.1. The van der Waals surface area contributed by atoms with Gasteiger partial charge in [-0.2, -0.15) is 0 Å². The number of hydrogen-bond acceptors (Lipinski definition) is 1. The third-order valence-corrected chi connectivity index (χ3v) is 3.79. The van der Waals surface area contributed by atoms with Crippen LogP contribution in [-0.4, -0.2) is 0 Å². The van der Waals surface area contributed by atoms with Crippen LogP contribution in [0, 0.1) is 12.7 Å². The molecule has 2 aromatic rings. The van der Waals surface area contributed by atoms with Crippen molar-refractivity contribution >= 4 is 0 Å². The molecule has 0 bridgehead atoms. The topological polar surface area (TPSA) is 12.0 Å². The Morgan fingerprint density at radius 1 is 1.00 bits per heavy atom. The zero-order valence-electron chi connectivity index (χ0n) is 12.9. The number of rotatable bonds is 7. The minimum Gasteiger partial charge on any atom is -0.306 e. The van der Waals surface area contributed by atoms with Crippen LogP contribution in [0.3, 0.4) is 0 Å². The lowest BCUT2D eigenvalue weighted by Gasteiger charge is -2.19. The minimum atomic E-state index is -0.175. The van der Waals surface area contributed by atoms with E-state index >= 15 is 0 Å². The van der Waals surface area contributed by atoms with Crippen molar-refractivity contribution in [1.82, 2.24) is 5.32 Å². The van der Waals surface area contributed by atoms with Crippen molar-refractivity contribution in [3.63, 3.8) is 0 Å². The molecular weight excluding hydrogens is 261 g/mol. The molecule has 0 radical (unpaired) electrons. The van der Waals surface area contributed by atoms with Crippen LogP contribution in [0.15, 0.2) is 48.5 Å². The monoisotopic (exact) mass is 285 g/mol. The molecule has 1 N–H and O–H groups in total. The molecule has 112 valence electrons. The first-order chi connectivity index (χ1) is 10.2. The first kappa shape index (κ1) is 15.7. The lowest BCUT2D eigenvalue weighted by Crippen LogP contribution is -2.21. The second kappa shape index (κ2) is 7.94. The fourth-order valence-electron chi connectivity index (χ4n) is 2.44. The van der Waals surface area contributed by atoms with Gasteiger partial charge in [0, 0.05) is 12.6 Å². The van der Waals surface area contributed by atoms with Crippen LogP contribution in [0.4, 0.5) is 4.39 Å². The maximum atomic E-state index is 13.1. The van der Waals surface area contributed by atoms with Crippen LogP contribution in [0.25, 0.3) is 0 Å². The Balaban J connectivity index is 2.02. The van der Waals surface area contributed by atoms with Gasteiger partial charge in [-0.15, -0.1) is 0 Å². The third kappa shape index (κ3) is 4.98. The molecule has 0 saturated carbocycles. The van der Waals surface area contributed by atoms with Gasteiger partial charge in [0.05, 0.1) is 0 Å². The van der Waals surface area contributed by atoms with E-state index in [4.69, 9.17) is 0 Å². The van der Waals surface area contributed by atoms with Gasteiger partial charge in [0.15, 0.2) is 0 Å². The predicted molar refractivity (Wildman–Crippen MR) is 86.7 cm³/mol. The van der Waals surface area contributed by atoms with Crippen LogP contribution in [0.5, 0.6) is 0 Å². The van der Waals surface area contributed by atoms with E-state index in [0.717, 1.165) is 18.5 Å². The molecule has 0 aromatic heterocycles. The van der Waals surface area contributed by atoms with Crippen LogP contribution in [0.2, 0.25) is 0 Å². The summed E-state index contributed by atoms with van der Waals surface area (Å²) in [5.41, 5.74) is 3.72. The largest absolute Gasteiger partial charge is 0.306 e. The van der Waals surface area contributed by atoms with Gasteiger partial charge >= 0.3 is 0 Å².